The smallest absolute Gasteiger partial charge is 0.244 e. The van der Waals surface area contributed by atoms with E-state index in [0.29, 0.717) is 46.6 Å². The topological polar surface area (TPSA) is 125 Å². The Morgan fingerprint density at radius 2 is 1.76 bits per heavy atom. The Kier molecular flexibility index (Phi) is 6.00. The highest BCUT2D eigenvalue weighted by Gasteiger charge is 2.36. The first-order chi connectivity index (χ1) is 16.1. The van der Waals surface area contributed by atoms with Crippen molar-refractivity contribution in [1.82, 2.24) is 10.2 Å². The van der Waals surface area contributed by atoms with Gasteiger partial charge in [0, 0.05) is 5.56 Å². The number of fused-ring (bicyclic) bond motifs is 1. The van der Waals surface area contributed by atoms with Gasteiger partial charge in [-0.3, -0.25) is 5.10 Å². The van der Waals surface area contributed by atoms with Crippen LogP contribution in [-0.2, 0) is 0 Å². The molecule has 2 heterocycles. The van der Waals surface area contributed by atoms with E-state index < -0.39 is 5.92 Å². The molecule has 1 unspecified atom stereocenters. The van der Waals surface area contributed by atoms with Gasteiger partial charge in [0.2, 0.25) is 17.5 Å². The lowest BCUT2D eigenvalue weighted by molar-refractivity contribution is 0.323. The summed E-state index contributed by atoms with van der Waals surface area (Å²) in [5.41, 5.74) is 9.31. The number of nitrogens with two attached hydrogens (primary N) is 1. The molecular weight excluding hydrogens is 424 g/mol. The van der Waals surface area contributed by atoms with E-state index in [1.54, 1.807) is 12.1 Å². The maximum absolute atomic E-state index is 9.96. The Balaban J connectivity index is 1.92. The highest BCUT2D eigenvalue weighted by Crippen LogP contribution is 2.49. The van der Waals surface area contributed by atoms with Gasteiger partial charge in [-0.1, -0.05) is 0 Å². The highest BCUT2D eigenvalue weighted by molar-refractivity contribution is 5.72. The summed E-state index contributed by atoms with van der Waals surface area (Å²) in [6.45, 7) is 2.50. The summed E-state index contributed by atoms with van der Waals surface area (Å²) in [6.07, 6.45) is 0. The van der Waals surface area contributed by atoms with E-state index in [4.69, 9.17) is 29.4 Å². The molecule has 0 fully saturated rings. The van der Waals surface area contributed by atoms with Gasteiger partial charge in [0.1, 0.15) is 17.4 Å². The van der Waals surface area contributed by atoms with Gasteiger partial charge in [0.05, 0.1) is 45.1 Å². The zero-order valence-electron chi connectivity index (χ0n) is 18.8. The summed E-state index contributed by atoms with van der Waals surface area (Å²) in [6, 6.07) is 13.4. The number of nitrogens with zero attached hydrogens (tertiary/aromatic N) is 2. The van der Waals surface area contributed by atoms with Gasteiger partial charge in [0.25, 0.3) is 0 Å². The fourth-order valence-electron chi connectivity index (χ4n) is 3.95. The number of aromatic nitrogens is 2. The first-order valence-electron chi connectivity index (χ1n) is 10.2. The first-order valence-corrected chi connectivity index (χ1v) is 10.2. The lowest BCUT2D eigenvalue weighted by atomic mass is 9.82. The number of allylic oxidation sites excluding steroid dienone is 1. The van der Waals surface area contributed by atoms with Crippen molar-refractivity contribution in [2.24, 2.45) is 5.73 Å². The van der Waals surface area contributed by atoms with Gasteiger partial charge in [-0.2, -0.15) is 5.26 Å². The Morgan fingerprint density at radius 1 is 1.09 bits per heavy atom. The van der Waals surface area contributed by atoms with Crippen LogP contribution in [0.15, 0.2) is 47.9 Å². The number of nitriles is 1. The van der Waals surface area contributed by atoms with Crippen LogP contribution in [0.2, 0.25) is 0 Å². The minimum atomic E-state index is -0.576. The van der Waals surface area contributed by atoms with Crippen LogP contribution in [0.4, 0.5) is 0 Å². The summed E-state index contributed by atoms with van der Waals surface area (Å²) in [4.78, 5) is 0. The second-order valence-corrected chi connectivity index (χ2v) is 7.16. The summed E-state index contributed by atoms with van der Waals surface area (Å²) < 4.78 is 27.7. The van der Waals surface area contributed by atoms with E-state index in [0.717, 1.165) is 11.3 Å². The van der Waals surface area contributed by atoms with Crippen molar-refractivity contribution in [2.75, 3.05) is 27.9 Å². The number of rotatable bonds is 7. The van der Waals surface area contributed by atoms with Crippen molar-refractivity contribution in [1.29, 1.82) is 5.26 Å². The number of hydrogen-bond acceptors (Lipinski definition) is 8. The van der Waals surface area contributed by atoms with Crippen LogP contribution in [-0.4, -0.2) is 38.1 Å². The fraction of sp³-hybridized carbons (Fsp3) is 0.250. The van der Waals surface area contributed by atoms with Gasteiger partial charge in [-0.15, -0.1) is 5.10 Å². The van der Waals surface area contributed by atoms with E-state index >= 15 is 0 Å². The molecule has 1 aromatic heterocycles. The van der Waals surface area contributed by atoms with E-state index in [1.165, 1.54) is 21.3 Å². The summed E-state index contributed by atoms with van der Waals surface area (Å²) in [5.74, 6) is 1.85. The van der Waals surface area contributed by atoms with Crippen LogP contribution in [0.25, 0.3) is 11.3 Å². The normalized spacial score (nSPS) is 14.7. The van der Waals surface area contributed by atoms with Gasteiger partial charge < -0.3 is 29.4 Å². The van der Waals surface area contributed by atoms with Gasteiger partial charge >= 0.3 is 0 Å². The molecule has 0 saturated heterocycles. The van der Waals surface area contributed by atoms with E-state index in [9.17, 15) is 5.26 Å². The molecule has 0 amide bonds. The molecule has 0 radical (unpaired) electrons. The quantitative estimate of drug-likeness (QED) is 0.560. The molecule has 1 aliphatic rings. The van der Waals surface area contributed by atoms with Crippen LogP contribution in [0.5, 0.6) is 28.9 Å². The largest absolute Gasteiger partial charge is 0.494 e. The molecule has 0 saturated carbocycles. The van der Waals surface area contributed by atoms with E-state index in [1.807, 2.05) is 31.2 Å². The lowest BCUT2D eigenvalue weighted by Crippen LogP contribution is -2.21. The molecule has 170 valence electrons. The SMILES string of the molecule is CCOc1ccc(-c2[nH]nc3c2C(c2cc(OC)c(OC)c(OC)c2)C(C#N)=C(N)O3)cc1. The summed E-state index contributed by atoms with van der Waals surface area (Å²) in [5, 5.41) is 17.3. The molecule has 4 rings (SSSR count). The van der Waals surface area contributed by atoms with Crippen LogP contribution < -0.4 is 29.4 Å². The molecule has 9 heteroatoms. The minimum Gasteiger partial charge on any atom is -0.494 e. The predicted molar refractivity (Wildman–Crippen MR) is 121 cm³/mol. The molecule has 0 bridgehead atoms. The number of nitrogens with one attached hydrogen (secondary N) is 1. The second-order valence-electron chi connectivity index (χ2n) is 7.16. The van der Waals surface area contributed by atoms with Crippen molar-refractivity contribution >= 4 is 0 Å². The predicted octanol–water partition coefficient (Wildman–Crippen LogP) is 3.72. The van der Waals surface area contributed by atoms with Crippen molar-refractivity contribution in [3.8, 4) is 46.2 Å². The minimum absolute atomic E-state index is 0.00602. The number of aromatic amines is 1. The van der Waals surface area contributed by atoms with Crippen molar-refractivity contribution in [3.63, 3.8) is 0 Å². The molecular formula is C24H24N4O5. The Hall–Kier alpha value is -4.32. The average molecular weight is 448 g/mol. The molecule has 1 atom stereocenters. The molecule has 3 aromatic rings. The lowest BCUT2D eigenvalue weighted by Gasteiger charge is -2.25. The van der Waals surface area contributed by atoms with E-state index in [2.05, 4.69) is 16.3 Å². The van der Waals surface area contributed by atoms with Crippen LogP contribution in [0.1, 0.15) is 24.0 Å². The zero-order valence-corrected chi connectivity index (χ0v) is 18.8. The monoisotopic (exact) mass is 448 g/mol. The number of ether oxygens (including phenoxy) is 5. The highest BCUT2D eigenvalue weighted by atomic mass is 16.5. The standard InChI is InChI=1S/C24H24N4O5/c1-5-32-15-8-6-13(7-9-15)21-20-19(16(12-25)23(26)33-24(20)28-27-21)14-10-17(29-2)22(31-4)18(11-14)30-3/h6-11,19H,5,26H2,1-4H3,(H,27,28). The first kappa shape index (κ1) is 21.9. The van der Waals surface area contributed by atoms with Gasteiger partial charge in [0.15, 0.2) is 11.5 Å². The zero-order chi connectivity index (χ0) is 23.5. The summed E-state index contributed by atoms with van der Waals surface area (Å²) in [7, 11) is 4.61. The van der Waals surface area contributed by atoms with Gasteiger partial charge in [-0.25, -0.2) is 0 Å². The fourth-order valence-corrected chi connectivity index (χ4v) is 3.95. The molecule has 0 spiro atoms. The van der Waals surface area contributed by atoms with Crippen LogP contribution >= 0.6 is 0 Å². The number of H-pyrrole nitrogens is 1. The molecule has 9 nitrogen and oxygen atoms in total. The van der Waals surface area contributed by atoms with Crippen LogP contribution in [0.3, 0.4) is 0 Å². The van der Waals surface area contributed by atoms with Crippen molar-refractivity contribution in [2.45, 2.75) is 12.8 Å². The van der Waals surface area contributed by atoms with Crippen molar-refractivity contribution < 1.29 is 23.7 Å². The van der Waals surface area contributed by atoms with Crippen molar-refractivity contribution in [3.05, 3.63) is 59.0 Å². The Bertz CT molecular complexity index is 1220. The number of methoxy groups -OCH3 is 3. The molecule has 1 aliphatic heterocycles. The average Bonchev–Trinajstić information content (AvgIpc) is 3.26. The molecule has 3 N–H and O–H groups in total. The number of benzene rings is 2. The van der Waals surface area contributed by atoms with E-state index in [-0.39, 0.29) is 11.5 Å². The Morgan fingerprint density at radius 3 is 2.30 bits per heavy atom. The maximum atomic E-state index is 9.96. The third-order valence-corrected chi connectivity index (χ3v) is 5.41. The van der Waals surface area contributed by atoms with Gasteiger partial charge in [-0.05, 0) is 48.9 Å². The second kappa shape index (κ2) is 9.04. The molecule has 0 aliphatic carbocycles. The summed E-state index contributed by atoms with van der Waals surface area (Å²) >= 11 is 0. The Labute approximate surface area is 191 Å². The maximum Gasteiger partial charge on any atom is 0.244 e. The third kappa shape index (κ3) is 3.76. The molecule has 33 heavy (non-hydrogen) atoms. The molecule has 2 aromatic carbocycles. The third-order valence-electron chi connectivity index (χ3n) is 5.41. The number of hydrogen-bond donors (Lipinski definition) is 2. The van der Waals surface area contributed by atoms with Crippen LogP contribution in [0, 0.1) is 11.3 Å².